The van der Waals surface area contributed by atoms with Crippen molar-refractivity contribution in [2.75, 3.05) is 11.4 Å². The first kappa shape index (κ1) is 13.0. The van der Waals surface area contributed by atoms with E-state index >= 15 is 0 Å². The summed E-state index contributed by atoms with van der Waals surface area (Å²) in [5.74, 6) is 0. The van der Waals surface area contributed by atoms with Crippen molar-refractivity contribution >= 4 is 17.3 Å². The lowest BCUT2D eigenvalue weighted by atomic mass is 10.2. The molecule has 1 aromatic heterocycles. The van der Waals surface area contributed by atoms with Crippen LogP contribution in [-0.4, -0.2) is 17.6 Å². The molecule has 2 rings (SSSR count). The quantitative estimate of drug-likeness (QED) is 0.845. The third-order valence-electron chi connectivity index (χ3n) is 2.89. The van der Waals surface area contributed by atoms with Crippen LogP contribution in [0.25, 0.3) is 0 Å². The minimum Gasteiger partial charge on any atom is -0.364 e. The van der Waals surface area contributed by atoms with Gasteiger partial charge in [-0.25, -0.2) is 4.98 Å². The maximum atomic E-state index is 5.83. The number of pyridine rings is 1. The van der Waals surface area contributed by atoms with Gasteiger partial charge in [0, 0.05) is 11.7 Å². The van der Waals surface area contributed by atoms with Crippen molar-refractivity contribution in [3.05, 3.63) is 47.5 Å². The van der Waals surface area contributed by atoms with Gasteiger partial charge in [-0.05, 0) is 38.6 Å². The minimum atomic E-state index is 0.404. The molecule has 4 heteroatoms. The minimum absolute atomic E-state index is 0.404. The predicted molar refractivity (Wildman–Crippen MR) is 76.7 cm³/mol. The first-order valence-corrected chi connectivity index (χ1v) is 6.53. The molecule has 0 fully saturated rings. The number of halogens is 1. The summed E-state index contributed by atoms with van der Waals surface area (Å²) >= 11 is 5.83. The Morgan fingerprint density at radius 1 is 1.44 bits per heavy atom. The van der Waals surface area contributed by atoms with Crippen LogP contribution in [-0.2, 0) is 0 Å². The molecule has 0 radical (unpaired) electrons. The van der Waals surface area contributed by atoms with E-state index in [1.807, 2.05) is 24.5 Å². The van der Waals surface area contributed by atoms with Crippen molar-refractivity contribution < 1.29 is 0 Å². The van der Waals surface area contributed by atoms with Gasteiger partial charge < -0.3 is 10.2 Å². The highest BCUT2D eigenvalue weighted by atomic mass is 35.5. The Morgan fingerprint density at radius 2 is 2.28 bits per heavy atom. The molecule has 2 heterocycles. The van der Waals surface area contributed by atoms with E-state index < -0.39 is 0 Å². The van der Waals surface area contributed by atoms with E-state index in [2.05, 4.69) is 41.2 Å². The molecule has 0 spiro atoms. The standard InChI is InChI=1S/C14H18ClN3/c1-11(2)18(10-12-5-3-4-8-16-12)13-6-7-14(15)17-9-13/h4-9,11,16H,3,10H2,1-2H3. The lowest BCUT2D eigenvalue weighted by Gasteiger charge is -2.30. The lowest BCUT2D eigenvalue weighted by Crippen LogP contribution is -2.35. The molecule has 0 unspecified atom stereocenters. The van der Waals surface area contributed by atoms with Crippen LogP contribution in [0.3, 0.4) is 0 Å². The summed E-state index contributed by atoms with van der Waals surface area (Å²) in [6, 6.07) is 4.24. The van der Waals surface area contributed by atoms with Crippen LogP contribution in [0.1, 0.15) is 20.3 Å². The Balaban J connectivity index is 2.13. The molecule has 18 heavy (non-hydrogen) atoms. The molecule has 0 amide bonds. The van der Waals surface area contributed by atoms with E-state index in [9.17, 15) is 0 Å². The van der Waals surface area contributed by atoms with Crippen LogP contribution in [0.5, 0.6) is 0 Å². The Hall–Kier alpha value is -1.48. The van der Waals surface area contributed by atoms with E-state index in [1.54, 1.807) is 0 Å². The van der Waals surface area contributed by atoms with Gasteiger partial charge in [0.25, 0.3) is 0 Å². The number of aromatic nitrogens is 1. The fraction of sp³-hybridized carbons (Fsp3) is 0.357. The third kappa shape index (κ3) is 3.26. The van der Waals surface area contributed by atoms with E-state index in [-0.39, 0.29) is 0 Å². The van der Waals surface area contributed by atoms with Gasteiger partial charge in [0.1, 0.15) is 5.15 Å². The Bertz CT molecular complexity index is 449. The predicted octanol–water partition coefficient (Wildman–Crippen LogP) is 3.34. The van der Waals surface area contributed by atoms with Crippen molar-refractivity contribution in [1.82, 2.24) is 10.3 Å². The summed E-state index contributed by atoms with van der Waals surface area (Å²) in [5.41, 5.74) is 2.31. The summed E-state index contributed by atoms with van der Waals surface area (Å²) in [4.78, 5) is 6.44. The molecule has 3 nitrogen and oxygen atoms in total. The maximum absolute atomic E-state index is 5.83. The van der Waals surface area contributed by atoms with Crippen molar-refractivity contribution in [1.29, 1.82) is 0 Å². The SMILES string of the molecule is CC(C)N(CC1=CCC=CN1)c1ccc(Cl)nc1. The summed E-state index contributed by atoms with van der Waals surface area (Å²) in [6.45, 7) is 5.20. The highest BCUT2D eigenvalue weighted by Gasteiger charge is 2.13. The van der Waals surface area contributed by atoms with Crippen LogP contribution in [0.4, 0.5) is 5.69 Å². The third-order valence-corrected chi connectivity index (χ3v) is 3.12. The average molecular weight is 264 g/mol. The van der Waals surface area contributed by atoms with E-state index in [4.69, 9.17) is 11.6 Å². The molecule has 1 aliphatic rings. The van der Waals surface area contributed by atoms with Crippen LogP contribution >= 0.6 is 11.6 Å². The molecule has 0 aromatic carbocycles. The normalized spacial score (nSPS) is 14.3. The number of nitrogens with zero attached hydrogens (tertiary/aromatic N) is 2. The summed E-state index contributed by atoms with van der Waals surface area (Å²) < 4.78 is 0. The van der Waals surface area contributed by atoms with Gasteiger partial charge in [0.05, 0.1) is 18.4 Å². The molecule has 1 aliphatic heterocycles. The molecule has 0 bridgehead atoms. The Kier molecular flexibility index (Phi) is 4.26. The second-order valence-corrected chi connectivity index (χ2v) is 4.96. The van der Waals surface area contributed by atoms with Crippen molar-refractivity contribution in [3.8, 4) is 0 Å². The van der Waals surface area contributed by atoms with Gasteiger partial charge in [-0.1, -0.05) is 23.8 Å². The second kappa shape index (κ2) is 5.91. The van der Waals surface area contributed by atoms with Gasteiger partial charge in [-0.3, -0.25) is 0 Å². The van der Waals surface area contributed by atoms with Gasteiger partial charge >= 0.3 is 0 Å². The lowest BCUT2D eigenvalue weighted by molar-refractivity contribution is 0.694. The van der Waals surface area contributed by atoms with E-state index in [1.165, 1.54) is 5.70 Å². The number of hydrogen-bond donors (Lipinski definition) is 1. The van der Waals surface area contributed by atoms with Gasteiger partial charge in [0.2, 0.25) is 0 Å². The number of hydrogen-bond acceptors (Lipinski definition) is 3. The smallest absolute Gasteiger partial charge is 0.129 e. The van der Waals surface area contributed by atoms with Gasteiger partial charge in [-0.15, -0.1) is 0 Å². The molecule has 1 aromatic rings. The number of nitrogens with one attached hydrogen (secondary N) is 1. The molecular formula is C14H18ClN3. The fourth-order valence-corrected chi connectivity index (χ4v) is 2.02. The number of rotatable bonds is 4. The van der Waals surface area contributed by atoms with E-state index in [0.29, 0.717) is 11.2 Å². The molecule has 0 saturated carbocycles. The van der Waals surface area contributed by atoms with Crippen molar-refractivity contribution in [3.63, 3.8) is 0 Å². The van der Waals surface area contributed by atoms with Crippen molar-refractivity contribution in [2.45, 2.75) is 26.3 Å². The molecule has 1 N–H and O–H groups in total. The zero-order chi connectivity index (χ0) is 13.0. The van der Waals surface area contributed by atoms with Gasteiger partial charge in [0.15, 0.2) is 0 Å². The zero-order valence-electron chi connectivity index (χ0n) is 10.7. The first-order valence-electron chi connectivity index (χ1n) is 6.15. The Labute approximate surface area is 113 Å². The molecule has 96 valence electrons. The topological polar surface area (TPSA) is 28.2 Å². The molecular weight excluding hydrogens is 246 g/mol. The number of allylic oxidation sites excluding steroid dienone is 2. The van der Waals surface area contributed by atoms with Gasteiger partial charge in [-0.2, -0.15) is 0 Å². The van der Waals surface area contributed by atoms with Crippen LogP contribution < -0.4 is 10.2 Å². The van der Waals surface area contributed by atoms with E-state index in [0.717, 1.165) is 18.7 Å². The first-order chi connectivity index (χ1) is 8.66. The average Bonchev–Trinajstić information content (AvgIpc) is 2.38. The summed E-state index contributed by atoms with van der Waals surface area (Å²) in [5, 5.41) is 3.81. The summed E-state index contributed by atoms with van der Waals surface area (Å²) in [7, 11) is 0. The molecule has 0 atom stereocenters. The molecule has 0 aliphatic carbocycles. The zero-order valence-corrected chi connectivity index (χ0v) is 11.5. The number of anilines is 1. The van der Waals surface area contributed by atoms with Crippen molar-refractivity contribution in [2.24, 2.45) is 0 Å². The fourth-order valence-electron chi connectivity index (χ4n) is 1.91. The highest BCUT2D eigenvalue weighted by Crippen LogP contribution is 2.19. The molecule has 0 saturated heterocycles. The Morgan fingerprint density at radius 3 is 2.83 bits per heavy atom. The van der Waals surface area contributed by atoms with Crippen LogP contribution in [0.2, 0.25) is 5.15 Å². The highest BCUT2D eigenvalue weighted by molar-refractivity contribution is 6.29. The second-order valence-electron chi connectivity index (χ2n) is 4.57. The van der Waals surface area contributed by atoms with Crippen LogP contribution in [0, 0.1) is 0 Å². The summed E-state index contributed by atoms with van der Waals surface area (Å²) in [6.07, 6.45) is 9.12. The largest absolute Gasteiger partial charge is 0.364 e. The number of dihydropyridines is 1. The van der Waals surface area contributed by atoms with Crippen LogP contribution in [0.15, 0.2) is 42.4 Å². The monoisotopic (exact) mass is 263 g/mol. The maximum Gasteiger partial charge on any atom is 0.129 e.